The van der Waals surface area contributed by atoms with E-state index in [1.807, 2.05) is 19.9 Å². The van der Waals surface area contributed by atoms with Gasteiger partial charge in [0, 0.05) is 32.9 Å². The van der Waals surface area contributed by atoms with Gasteiger partial charge in [0.25, 0.3) is 0 Å². The molecule has 0 aromatic carbocycles. The van der Waals surface area contributed by atoms with Crippen molar-refractivity contribution in [2.24, 2.45) is 23.7 Å². The normalized spacial score (nSPS) is 30.1. The van der Waals surface area contributed by atoms with Crippen LogP contribution in [0.5, 0.6) is 0 Å². The number of hydrogen-bond acceptors (Lipinski definition) is 3. The highest BCUT2D eigenvalue weighted by Crippen LogP contribution is 2.50. The van der Waals surface area contributed by atoms with Gasteiger partial charge in [0.1, 0.15) is 0 Å². The van der Waals surface area contributed by atoms with Gasteiger partial charge < -0.3 is 15.1 Å². The summed E-state index contributed by atoms with van der Waals surface area (Å²) in [4.78, 5) is 13.3. The zero-order valence-electron chi connectivity index (χ0n) is 17.9. The van der Waals surface area contributed by atoms with Gasteiger partial charge in [-0.25, -0.2) is 0 Å². The Morgan fingerprint density at radius 2 is 2.11 bits per heavy atom. The number of aliphatic hydroxyl groups excluding tert-OH is 2. The molecule has 0 radical (unpaired) electrons. The first kappa shape index (κ1) is 22.7. The lowest BCUT2D eigenvalue weighted by Gasteiger charge is -2.19. The standard InChI is InChI=1S/C24H37NO3/c1-5-6-9-17(2)22(26)13-12-20-21-15-18(14-19(21)16-23(20)27)10-7-8-11-24(28)25(3)4/h10,12-13,17,19-23,26-27H,7-9,11,14-16H2,1-4H3/b13-12+,18-10+/t17-,19+,20-,21+,22-,23-/m1/s1. The first-order valence-corrected chi connectivity index (χ1v) is 10.7. The van der Waals surface area contributed by atoms with Gasteiger partial charge in [-0.15, -0.1) is 11.8 Å². The molecule has 2 aliphatic rings. The van der Waals surface area contributed by atoms with E-state index in [0.29, 0.717) is 24.7 Å². The van der Waals surface area contributed by atoms with Crippen LogP contribution in [0, 0.1) is 35.5 Å². The third-order valence-corrected chi connectivity index (χ3v) is 6.35. The van der Waals surface area contributed by atoms with E-state index >= 15 is 0 Å². The molecule has 4 heteroatoms. The fraction of sp³-hybridized carbons (Fsp3) is 0.708. The lowest BCUT2D eigenvalue weighted by molar-refractivity contribution is -0.128. The van der Waals surface area contributed by atoms with E-state index < -0.39 is 6.10 Å². The number of rotatable bonds is 8. The fourth-order valence-electron chi connectivity index (χ4n) is 4.54. The largest absolute Gasteiger partial charge is 0.392 e. The molecule has 0 spiro atoms. The van der Waals surface area contributed by atoms with E-state index in [1.54, 1.807) is 19.0 Å². The first-order valence-electron chi connectivity index (χ1n) is 10.7. The van der Waals surface area contributed by atoms with Gasteiger partial charge in [-0.05, 0) is 56.8 Å². The van der Waals surface area contributed by atoms with E-state index in [9.17, 15) is 15.0 Å². The zero-order valence-corrected chi connectivity index (χ0v) is 17.9. The number of aliphatic hydroxyl groups is 2. The molecule has 0 heterocycles. The van der Waals surface area contributed by atoms with Crippen LogP contribution >= 0.6 is 0 Å². The highest BCUT2D eigenvalue weighted by Gasteiger charge is 2.44. The maximum Gasteiger partial charge on any atom is 0.222 e. The van der Waals surface area contributed by atoms with Crippen molar-refractivity contribution < 1.29 is 15.0 Å². The zero-order chi connectivity index (χ0) is 20.7. The van der Waals surface area contributed by atoms with Gasteiger partial charge >= 0.3 is 0 Å². The van der Waals surface area contributed by atoms with Crippen LogP contribution in [0.2, 0.25) is 0 Å². The Labute approximate surface area is 170 Å². The number of carbonyl (C=O) groups excluding carboxylic acids is 1. The molecular weight excluding hydrogens is 350 g/mol. The second kappa shape index (κ2) is 10.8. The molecule has 1 amide bonds. The molecule has 2 N–H and O–H groups in total. The Balaban J connectivity index is 1.86. The molecule has 2 aliphatic carbocycles. The molecule has 2 rings (SSSR count). The molecule has 2 fully saturated rings. The van der Waals surface area contributed by atoms with Crippen molar-refractivity contribution in [2.45, 2.75) is 71.0 Å². The number of amides is 1. The molecule has 28 heavy (non-hydrogen) atoms. The third kappa shape index (κ3) is 6.22. The lowest BCUT2D eigenvalue weighted by Crippen LogP contribution is -2.20. The minimum Gasteiger partial charge on any atom is -0.392 e. The van der Waals surface area contributed by atoms with Gasteiger partial charge in [-0.1, -0.05) is 30.7 Å². The van der Waals surface area contributed by atoms with E-state index in [-0.39, 0.29) is 23.8 Å². The summed E-state index contributed by atoms with van der Waals surface area (Å²) in [6.45, 7) is 3.82. The Kier molecular flexibility index (Phi) is 8.79. The van der Waals surface area contributed by atoms with Gasteiger partial charge in [-0.2, -0.15) is 0 Å². The summed E-state index contributed by atoms with van der Waals surface area (Å²) in [5.41, 5.74) is 1.48. The summed E-state index contributed by atoms with van der Waals surface area (Å²) in [6.07, 6.45) is 11.5. The molecule has 0 aromatic heterocycles. The van der Waals surface area contributed by atoms with Gasteiger partial charge in [0.05, 0.1) is 12.2 Å². The minimum atomic E-state index is -0.516. The van der Waals surface area contributed by atoms with Crippen molar-refractivity contribution in [3.63, 3.8) is 0 Å². The Morgan fingerprint density at radius 3 is 2.79 bits per heavy atom. The molecule has 2 saturated carbocycles. The maximum atomic E-state index is 11.7. The Morgan fingerprint density at radius 1 is 1.36 bits per heavy atom. The predicted molar refractivity (Wildman–Crippen MR) is 113 cm³/mol. The molecule has 0 aliphatic heterocycles. The summed E-state index contributed by atoms with van der Waals surface area (Å²) >= 11 is 0. The molecular formula is C24H37NO3. The summed E-state index contributed by atoms with van der Waals surface area (Å²) < 4.78 is 0. The molecule has 0 saturated heterocycles. The van der Waals surface area contributed by atoms with Crippen molar-refractivity contribution in [2.75, 3.05) is 14.1 Å². The fourth-order valence-corrected chi connectivity index (χ4v) is 4.54. The summed E-state index contributed by atoms with van der Waals surface area (Å²) in [5.74, 6) is 7.32. The topological polar surface area (TPSA) is 60.8 Å². The Hall–Kier alpha value is -1.57. The van der Waals surface area contributed by atoms with Crippen molar-refractivity contribution in [3.05, 3.63) is 23.8 Å². The smallest absolute Gasteiger partial charge is 0.222 e. The minimum absolute atomic E-state index is 0.0990. The van der Waals surface area contributed by atoms with Crippen molar-refractivity contribution >= 4 is 5.91 Å². The van der Waals surface area contributed by atoms with Crippen LogP contribution in [-0.4, -0.2) is 47.3 Å². The predicted octanol–water partition coefficient (Wildman–Crippen LogP) is 3.54. The van der Waals surface area contributed by atoms with Gasteiger partial charge in [-0.3, -0.25) is 4.79 Å². The quantitative estimate of drug-likeness (QED) is 0.380. The van der Waals surface area contributed by atoms with E-state index in [1.165, 1.54) is 5.57 Å². The summed E-state index contributed by atoms with van der Waals surface area (Å²) in [5, 5.41) is 20.8. The highest BCUT2D eigenvalue weighted by atomic mass is 16.3. The van der Waals surface area contributed by atoms with Crippen molar-refractivity contribution in [1.29, 1.82) is 0 Å². The van der Waals surface area contributed by atoms with Crippen LogP contribution in [0.25, 0.3) is 0 Å². The third-order valence-electron chi connectivity index (χ3n) is 6.35. The maximum absolute atomic E-state index is 11.7. The van der Waals surface area contributed by atoms with Crippen LogP contribution in [0.15, 0.2) is 23.8 Å². The molecule has 4 nitrogen and oxygen atoms in total. The number of carbonyl (C=O) groups is 1. The monoisotopic (exact) mass is 387 g/mol. The van der Waals surface area contributed by atoms with E-state index in [2.05, 4.69) is 24.0 Å². The molecule has 156 valence electrons. The first-order chi connectivity index (χ1) is 13.3. The number of hydrogen-bond donors (Lipinski definition) is 2. The SMILES string of the molecule is CC#CC[C@@H](C)[C@H](O)/C=C/[C@@H]1[C@H]2C/C(=C/CCCC(=O)N(C)C)C[C@H]2C[C@H]1O. The van der Waals surface area contributed by atoms with E-state index in [0.717, 1.165) is 32.1 Å². The average molecular weight is 388 g/mol. The average Bonchev–Trinajstić information content (AvgIpc) is 3.17. The number of fused-ring (bicyclic) bond motifs is 1. The second-order valence-electron chi connectivity index (χ2n) is 8.74. The second-order valence-corrected chi connectivity index (χ2v) is 8.74. The van der Waals surface area contributed by atoms with Crippen LogP contribution in [0.3, 0.4) is 0 Å². The van der Waals surface area contributed by atoms with E-state index in [4.69, 9.17) is 0 Å². The highest BCUT2D eigenvalue weighted by molar-refractivity contribution is 5.75. The van der Waals surface area contributed by atoms with Crippen molar-refractivity contribution in [1.82, 2.24) is 4.90 Å². The molecule has 6 atom stereocenters. The van der Waals surface area contributed by atoms with Crippen LogP contribution in [-0.2, 0) is 4.79 Å². The number of unbranched alkanes of at least 4 members (excludes halogenated alkanes) is 1. The van der Waals surface area contributed by atoms with Crippen LogP contribution in [0.1, 0.15) is 58.8 Å². The molecule has 0 unspecified atom stereocenters. The van der Waals surface area contributed by atoms with Crippen LogP contribution < -0.4 is 0 Å². The number of nitrogens with zero attached hydrogens (tertiary/aromatic N) is 1. The summed E-state index contributed by atoms with van der Waals surface area (Å²) in [6, 6.07) is 0. The van der Waals surface area contributed by atoms with Gasteiger partial charge in [0.2, 0.25) is 5.91 Å². The van der Waals surface area contributed by atoms with Crippen LogP contribution in [0.4, 0.5) is 0 Å². The molecule has 0 bridgehead atoms. The Bertz CT molecular complexity index is 640. The van der Waals surface area contributed by atoms with Gasteiger partial charge in [0.15, 0.2) is 0 Å². The van der Waals surface area contributed by atoms with Crippen molar-refractivity contribution in [3.8, 4) is 11.8 Å². The summed E-state index contributed by atoms with van der Waals surface area (Å²) in [7, 11) is 3.60. The lowest BCUT2D eigenvalue weighted by atomic mass is 9.89. The number of allylic oxidation sites excluding steroid dienone is 2. The molecule has 0 aromatic rings.